The number of nitrogens with one attached hydrogen (secondary N) is 2. The molecule has 0 radical (unpaired) electrons. The molecule has 0 spiro atoms. The molecule has 5 nitrogen and oxygen atoms in total. The van der Waals surface area contributed by atoms with Crippen LogP contribution in [-0.2, 0) is 14.8 Å². The van der Waals surface area contributed by atoms with Gasteiger partial charge in [-0.1, -0.05) is 45.2 Å². The summed E-state index contributed by atoms with van der Waals surface area (Å²) in [5.41, 5.74) is 3.42. The van der Waals surface area contributed by atoms with Crippen molar-refractivity contribution in [3.05, 3.63) is 29.8 Å². The lowest BCUT2D eigenvalue weighted by atomic mass is 9.84. The molecule has 0 heterocycles. The van der Waals surface area contributed by atoms with Crippen molar-refractivity contribution in [3.63, 3.8) is 0 Å². The van der Waals surface area contributed by atoms with Crippen LogP contribution in [0, 0.1) is 5.92 Å². The van der Waals surface area contributed by atoms with Crippen LogP contribution in [0.5, 0.6) is 0 Å². The van der Waals surface area contributed by atoms with Crippen LogP contribution in [0.3, 0.4) is 0 Å². The molecule has 1 aromatic rings. The van der Waals surface area contributed by atoms with Gasteiger partial charge in [0, 0.05) is 5.92 Å². The zero-order chi connectivity index (χ0) is 16.2. The van der Waals surface area contributed by atoms with Crippen LogP contribution < -0.4 is 10.3 Å². The minimum absolute atomic E-state index is 0.163. The monoisotopic (exact) mass is 324 g/mol. The van der Waals surface area contributed by atoms with E-state index >= 15 is 0 Å². The molecule has 0 atom stereocenters. The molecule has 0 unspecified atom stereocenters. The highest BCUT2D eigenvalue weighted by molar-refractivity contribution is 7.89. The van der Waals surface area contributed by atoms with Crippen molar-refractivity contribution < 1.29 is 13.2 Å². The summed E-state index contributed by atoms with van der Waals surface area (Å²) >= 11 is 0. The fourth-order valence-electron chi connectivity index (χ4n) is 2.68. The second-order valence-corrected chi connectivity index (χ2v) is 7.84. The van der Waals surface area contributed by atoms with E-state index in [1.165, 1.54) is 37.7 Å². The van der Waals surface area contributed by atoms with Crippen LogP contribution in [-0.4, -0.2) is 14.3 Å². The first-order valence-electron chi connectivity index (χ1n) is 7.82. The van der Waals surface area contributed by atoms with Crippen molar-refractivity contribution in [3.8, 4) is 0 Å². The lowest BCUT2D eigenvalue weighted by Crippen LogP contribution is -2.43. The number of hydrogen-bond donors (Lipinski definition) is 2. The predicted octanol–water partition coefficient (Wildman–Crippen LogP) is 2.70. The number of carbonyl (C=O) groups is 1. The molecular formula is C16H24N2O3S. The lowest BCUT2D eigenvalue weighted by Gasteiger charge is -2.22. The van der Waals surface area contributed by atoms with Gasteiger partial charge in [-0.05, 0) is 36.5 Å². The molecule has 0 aliphatic heterocycles. The zero-order valence-electron chi connectivity index (χ0n) is 13.1. The van der Waals surface area contributed by atoms with Gasteiger partial charge in [0.15, 0.2) is 0 Å². The Bertz CT molecular complexity index is 603. The van der Waals surface area contributed by atoms with E-state index in [9.17, 15) is 13.2 Å². The molecule has 2 rings (SSSR count). The maximum Gasteiger partial charge on any atom is 0.257 e. The van der Waals surface area contributed by atoms with Crippen molar-refractivity contribution in [2.45, 2.75) is 56.8 Å². The second kappa shape index (κ2) is 7.24. The smallest absolute Gasteiger partial charge is 0.257 e. The van der Waals surface area contributed by atoms with Crippen molar-refractivity contribution in [2.24, 2.45) is 5.92 Å². The van der Waals surface area contributed by atoms with Crippen LogP contribution in [0.1, 0.15) is 57.4 Å². The van der Waals surface area contributed by atoms with Crippen molar-refractivity contribution in [1.82, 2.24) is 10.3 Å². The average molecular weight is 324 g/mol. The Hall–Kier alpha value is -1.40. The molecule has 1 aliphatic carbocycles. The number of amides is 1. The molecule has 22 heavy (non-hydrogen) atoms. The standard InChI is InChI=1S/C16H24N2O3S/c1-12(2)16(19)17-18-22(20,21)15-10-8-14(9-11-15)13-6-4-3-5-7-13/h8-13,18H,3-7H2,1-2H3,(H,17,19). The molecular weight excluding hydrogens is 300 g/mol. The van der Waals surface area contributed by atoms with Crippen LogP contribution >= 0.6 is 0 Å². The van der Waals surface area contributed by atoms with Crippen LogP contribution in [0.25, 0.3) is 0 Å². The first-order valence-corrected chi connectivity index (χ1v) is 9.30. The van der Waals surface area contributed by atoms with E-state index in [1.807, 2.05) is 12.1 Å². The third kappa shape index (κ3) is 4.30. The molecule has 1 aromatic carbocycles. The maximum atomic E-state index is 12.1. The van der Waals surface area contributed by atoms with Gasteiger partial charge < -0.3 is 0 Å². The van der Waals surface area contributed by atoms with E-state index in [1.54, 1.807) is 26.0 Å². The summed E-state index contributed by atoms with van der Waals surface area (Å²) < 4.78 is 24.2. The Kier molecular flexibility index (Phi) is 5.58. The largest absolute Gasteiger partial charge is 0.277 e. The summed E-state index contributed by atoms with van der Waals surface area (Å²) in [6.45, 7) is 3.39. The highest BCUT2D eigenvalue weighted by Crippen LogP contribution is 2.32. The number of hydrogen-bond acceptors (Lipinski definition) is 3. The summed E-state index contributed by atoms with van der Waals surface area (Å²) in [7, 11) is -3.72. The van der Waals surface area contributed by atoms with E-state index < -0.39 is 10.0 Å². The summed E-state index contributed by atoms with van der Waals surface area (Å²) in [6.07, 6.45) is 6.13. The zero-order valence-corrected chi connectivity index (χ0v) is 13.9. The minimum atomic E-state index is -3.72. The highest BCUT2D eigenvalue weighted by Gasteiger charge is 2.19. The number of sulfonamides is 1. The first kappa shape index (κ1) is 17.0. The minimum Gasteiger partial charge on any atom is -0.277 e. The van der Waals surface area contributed by atoms with E-state index in [4.69, 9.17) is 0 Å². The van der Waals surface area contributed by atoms with Crippen molar-refractivity contribution >= 4 is 15.9 Å². The van der Waals surface area contributed by atoms with E-state index in [-0.39, 0.29) is 16.7 Å². The van der Waals surface area contributed by atoms with E-state index in [0.29, 0.717) is 5.92 Å². The quantitative estimate of drug-likeness (QED) is 0.818. The van der Waals surface area contributed by atoms with Crippen LogP contribution in [0.15, 0.2) is 29.2 Å². The normalized spacial score (nSPS) is 16.7. The van der Waals surface area contributed by atoms with E-state index in [2.05, 4.69) is 10.3 Å². The van der Waals surface area contributed by atoms with Gasteiger partial charge in [-0.25, -0.2) is 8.42 Å². The third-order valence-corrected chi connectivity index (χ3v) is 5.36. The topological polar surface area (TPSA) is 75.3 Å². The Balaban J connectivity index is 2.03. The number of benzene rings is 1. The molecule has 1 fully saturated rings. The lowest BCUT2D eigenvalue weighted by molar-refractivity contribution is -0.124. The highest BCUT2D eigenvalue weighted by atomic mass is 32.2. The first-order chi connectivity index (χ1) is 10.4. The Labute approximate surface area is 132 Å². The fraction of sp³-hybridized carbons (Fsp3) is 0.562. The van der Waals surface area contributed by atoms with Gasteiger partial charge in [-0.3, -0.25) is 10.2 Å². The number of rotatable bonds is 5. The maximum absolute atomic E-state index is 12.1. The Morgan fingerprint density at radius 2 is 1.68 bits per heavy atom. The van der Waals surface area contributed by atoms with Gasteiger partial charge in [0.1, 0.15) is 0 Å². The summed E-state index contributed by atoms with van der Waals surface area (Å²) in [5, 5.41) is 0. The van der Waals surface area contributed by atoms with Gasteiger partial charge in [-0.2, -0.15) is 0 Å². The SMILES string of the molecule is CC(C)C(=O)NNS(=O)(=O)c1ccc(C2CCCCC2)cc1. The summed E-state index contributed by atoms with van der Waals surface area (Å²) in [4.78, 5) is 13.7. The molecule has 1 amide bonds. The van der Waals surface area contributed by atoms with Gasteiger partial charge in [0.05, 0.1) is 4.90 Å². The third-order valence-electron chi connectivity index (χ3n) is 4.10. The average Bonchev–Trinajstić information content (AvgIpc) is 2.53. The molecule has 1 aliphatic rings. The summed E-state index contributed by atoms with van der Waals surface area (Å²) in [5.74, 6) is -0.0992. The van der Waals surface area contributed by atoms with Crippen LogP contribution in [0.4, 0.5) is 0 Å². The van der Waals surface area contributed by atoms with Gasteiger partial charge in [-0.15, -0.1) is 4.83 Å². The van der Waals surface area contributed by atoms with Gasteiger partial charge in [0.2, 0.25) is 5.91 Å². The molecule has 2 N–H and O–H groups in total. The van der Waals surface area contributed by atoms with Gasteiger partial charge >= 0.3 is 0 Å². The number of carbonyl (C=O) groups excluding carboxylic acids is 1. The molecule has 1 saturated carbocycles. The Morgan fingerprint density at radius 1 is 1.09 bits per heavy atom. The molecule has 0 aromatic heterocycles. The molecule has 122 valence electrons. The van der Waals surface area contributed by atoms with Gasteiger partial charge in [0.25, 0.3) is 10.0 Å². The van der Waals surface area contributed by atoms with Crippen LogP contribution in [0.2, 0.25) is 0 Å². The molecule has 6 heteroatoms. The fourth-order valence-corrected chi connectivity index (χ4v) is 3.52. The predicted molar refractivity (Wildman–Crippen MR) is 85.6 cm³/mol. The molecule has 0 bridgehead atoms. The van der Waals surface area contributed by atoms with Crippen molar-refractivity contribution in [2.75, 3.05) is 0 Å². The summed E-state index contributed by atoms with van der Waals surface area (Å²) in [6, 6.07) is 6.98. The number of hydrazine groups is 1. The Morgan fingerprint density at radius 3 is 2.23 bits per heavy atom. The van der Waals surface area contributed by atoms with E-state index in [0.717, 1.165) is 0 Å². The van der Waals surface area contributed by atoms with Crippen molar-refractivity contribution in [1.29, 1.82) is 0 Å². The second-order valence-electron chi connectivity index (χ2n) is 6.15. The molecule has 0 saturated heterocycles.